The van der Waals surface area contributed by atoms with Crippen LogP contribution in [0.25, 0.3) is 11.4 Å². The first kappa shape index (κ1) is 14.3. The summed E-state index contributed by atoms with van der Waals surface area (Å²) in [5.74, 6) is 0.197. The number of carbonyl (C=O) groups is 1. The van der Waals surface area contributed by atoms with E-state index < -0.39 is 0 Å². The summed E-state index contributed by atoms with van der Waals surface area (Å²) in [4.78, 5) is 15.8. The summed E-state index contributed by atoms with van der Waals surface area (Å²) in [5.41, 5.74) is 2.85. The number of carbonyl (C=O) groups excluding carboxylic acids is 1. The minimum Gasteiger partial charge on any atom is -0.426 e. The predicted molar refractivity (Wildman–Crippen MR) is 78.3 cm³/mol. The SMILES string of the molecule is CC(=O)c1c(C)nc(-c2ccc(C(C)(C)C)cc2)n1O. The van der Waals surface area contributed by atoms with Crippen molar-refractivity contribution in [3.63, 3.8) is 0 Å². The fourth-order valence-electron chi connectivity index (χ4n) is 2.23. The Labute approximate surface area is 119 Å². The van der Waals surface area contributed by atoms with Crippen LogP contribution in [0.2, 0.25) is 0 Å². The zero-order valence-electron chi connectivity index (χ0n) is 12.6. The third kappa shape index (κ3) is 2.46. The van der Waals surface area contributed by atoms with Crippen LogP contribution < -0.4 is 0 Å². The fourth-order valence-corrected chi connectivity index (χ4v) is 2.23. The minimum atomic E-state index is -0.199. The van der Waals surface area contributed by atoms with Gasteiger partial charge < -0.3 is 5.21 Å². The number of hydrogen-bond donors (Lipinski definition) is 1. The Bertz CT molecular complexity index is 646. The highest BCUT2D eigenvalue weighted by Gasteiger charge is 2.19. The lowest BCUT2D eigenvalue weighted by atomic mass is 9.87. The Kier molecular flexibility index (Phi) is 3.42. The highest BCUT2D eigenvalue weighted by Crippen LogP contribution is 2.26. The molecule has 1 aromatic carbocycles. The average molecular weight is 272 g/mol. The summed E-state index contributed by atoms with van der Waals surface area (Å²) in [7, 11) is 0. The van der Waals surface area contributed by atoms with Gasteiger partial charge in [0.15, 0.2) is 11.6 Å². The smallest absolute Gasteiger partial charge is 0.181 e. The molecule has 2 aromatic rings. The van der Waals surface area contributed by atoms with E-state index in [-0.39, 0.29) is 16.9 Å². The molecule has 0 saturated heterocycles. The molecule has 20 heavy (non-hydrogen) atoms. The molecule has 4 nitrogen and oxygen atoms in total. The second-order valence-corrected chi connectivity index (χ2v) is 6.06. The number of aromatic nitrogens is 2. The lowest BCUT2D eigenvalue weighted by molar-refractivity contribution is 0.0965. The molecule has 0 spiro atoms. The molecule has 0 aliphatic carbocycles. The van der Waals surface area contributed by atoms with Crippen molar-refractivity contribution in [3.8, 4) is 11.4 Å². The summed E-state index contributed by atoms with van der Waals surface area (Å²) in [6, 6.07) is 7.87. The first-order valence-electron chi connectivity index (χ1n) is 6.62. The van der Waals surface area contributed by atoms with Gasteiger partial charge in [-0.1, -0.05) is 45.0 Å². The number of nitrogens with zero attached hydrogens (tertiary/aromatic N) is 2. The summed E-state index contributed by atoms with van der Waals surface area (Å²) in [5, 5.41) is 10.1. The Morgan fingerprint density at radius 2 is 1.75 bits per heavy atom. The standard InChI is InChI=1S/C16H20N2O2/c1-10-14(11(2)19)18(20)15(17-10)12-6-8-13(9-7-12)16(3,4)5/h6-9,20H,1-5H3. The molecule has 2 rings (SSSR count). The van der Waals surface area contributed by atoms with Crippen LogP contribution in [0.5, 0.6) is 0 Å². The van der Waals surface area contributed by atoms with Crippen molar-refractivity contribution in [3.05, 3.63) is 41.2 Å². The molecular weight excluding hydrogens is 252 g/mol. The number of rotatable bonds is 2. The van der Waals surface area contributed by atoms with Gasteiger partial charge in [-0.25, -0.2) is 4.98 Å². The van der Waals surface area contributed by atoms with Gasteiger partial charge in [-0.05, 0) is 17.9 Å². The summed E-state index contributed by atoms with van der Waals surface area (Å²) in [6.45, 7) is 9.58. The first-order valence-corrected chi connectivity index (χ1v) is 6.62. The van der Waals surface area contributed by atoms with E-state index in [1.807, 2.05) is 24.3 Å². The maximum atomic E-state index is 11.5. The molecule has 1 heterocycles. The molecule has 0 saturated carbocycles. The van der Waals surface area contributed by atoms with E-state index in [1.54, 1.807) is 6.92 Å². The molecule has 0 amide bonds. The van der Waals surface area contributed by atoms with Crippen LogP contribution in [-0.4, -0.2) is 20.7 Å². The lowest BCUT2D eigenvalue weighted by Crippen LogP contribution is -2.10. The van der Waals surface area contributed by atoms with Crippen molar-refractivity contribution >= 4 is 5.78 Å². The van der Waals surface area contributed by atoms with Gasteiger partial charge in [0.1, 0.15) is 5.69 Å². The molecule has 0 fully saturated rings. The normalized spacial score (nSPS) is 11.7. The second kappa shape index (κ2) is 4.78. The average Bonchev–Trinajstić information content (AvgIpc) is 2.64. The van der Waals surface area contributed by atoms with Crippen LogP contribution in [0.3, 0.4) is 0 Å². The highest BCUT2D eigenvalue weighted by molar-refractivity contribution is 5.94. The van der Waals surface area contributed by atoms with Gasteiger partial charge >= 0.3 is 0 Å². The first-order chi connectivity index (χ1) is 9.21. The van der Waals surface area contributed by atoms with E-state index in [1.165, 1.54) is 12.5 Å². The Hall–Kier alpha value is -2.10. The van der Waals surface area contributed by atoms with Gasteiger partial charge in [0.05, 0.1) is 5.69 Å². The summed E-state index contributed by atoms with van der Waals surface area (Å²) < 4.78 is 0.879. The predicted octanol–water partition coefficient (Wildman–Crippen LogP) is 3.60. The van der Waals surface area contributed by atoms with E-state index in [0.29, 0.717) is 11.5 Å². The van der Waals surface area contributed by atoms with Gasteiger partial charge in [0.25, 0.3) is 0 Å². The molecule has 0 atom stereocenters. The zero-order valence-corrected chi connectivity index (χ0v) is 12.6. The Morgan fingerprint density at radius 3 is 2.15 bits per heavy atom. The largest absolute Gasteiger partial charge is 0.426 e. The van der Waals surface area contributed by atoms with E-state index in [9.17, 15) is 10.0 Å². The molecule has 0 aliphatic heterocycles. The van der Waals surface area contributed by atoms with Gasteiger partial charge in [-0.15, -0.1) is 0 Å². The van der Waals surface area contributed by atoms with Crippen molar-refractivity contribution in [1.29, 1.82) is 0 Å². The van der Waals surface area contributed by atoms with Crippen LogP contribution in [0.15, 0.2) is 24.3 Å². The minimum absolute atomic E-state index is 0.0770. The van der Waals surface area contributed by atoms with Crippen LogP contribution in [0.1, 0.15) is 49.4 Å². The number of hydrogen-bond acceptors (Lipinski definition) is 3. The third-order valence-corrected chi connectivity index (χ3v) is 3.37. The molecule has 1 N–H and O–H groups in total. The Morgan fingerprint density at radius 1 is 1.20 bits per heavy atom. The number of ketones is 1. The Balaban J connectivity index is 2.48. The van der Waals surface area contributed by atoms with Gasteiger partial charge in [0.2, 0.25) is 0 Å². The molecule has 0 bridgehead atoms. The van der Waals surface area contributed by atoms with E-state index in [4.69, 9.17) is 0 Å². The lowest BCUT2D eigenvalue weighted by Gasteiger charge is -2.19. The van der Waals surface area contributed by atoms with Crippen LogP contribution in [0.4, 0.5) is 0 Å². The van der Waals surface area contributed by atoms with Crippen molar-refractivity contribution in [2.24, 2.45) is 0 Å². The fraction of sp³-hybridized carbons (Fsp3) is 0.375. The van der Waals surface area contributed by atoms with Crippen molar-refractivity contribution < 1.29 is 10.0 Å². The third-order valence-electron chi connectivity index (χ3n) is 3.37. The maximum Gasteiger partial charge on any atom is 0.181 e. The number of imidazole rings is 1. The number of benzene rings is 1. The molecule has 4 heteroatoms. The molecule has 0 unspecified atom stereocenters. The molecule has 0 aliphatic rings. The highest BCUT2D eigenvalue weighted by atomic mass is 16.5. The second-order valence-electron chi connectivity index (χ2n) is 6.06. The monoisotopic (exact) mass is 272 g/mol. The van der Waals surface area contributed by atoms with E-state index in [2.05, 4.69) is 25.8 Å². The van der Waals surface area contributed by atoms with Gasteiger partial charge in [0, 0.05) is 12.5 Å². The van der Waals surface area contributed by atoms with E-state index in [0.717, 1.165) is 10.3 Å². The topological polar surface area (TPSA) is 55.1 Å². The zero-order chi connectivity index (χ0) is 15.1. The van der Waals surface area contributed by atoms with Gasteiger partial charge in [-0.3, -0.25) is 4.79 Å². The quantitative estimate of drug-likeness (QED) is 0.671. The van der Waals surface area contributed by atoms with Crippen LogP contribution in [0, 0.1) is 6.92 Å². The maximum absolute atomic E-state index is 11.5. The number of aryl methyl sites for hydroxylation is 1. The van der Waals surface area contributed by atoms with Gasteiger partial charge in [-0.2, -0.15) is 4.73 Å². The summed E-state index contributed by atoms with van der Waals surface area (Å²) >= 11 is 0. The number of Topliss-reactive ketones (excluding diaryl/α,β-unsaturated/α-hetero) is 1. The molecule has 0 radical (unpaired) electrons. The summed E-state index contributed by atoms with van der Waals surface area (Å²) in [6.07, 6.45) is 0. The van der Waals surface area contributed by atoms with Crippen molar-refractivity contribution in [2.45, 2.75) is 40.0 Å². The van der Waals surface area contributed by atoms with Crippen molar-refractivity contribution in [1.82, 2.24) is 9.71 Å². The van der Waals surface area contributed by atoms with Crippen LogP contribution >= 0.6 is 0 Å². The van der Waals surface area contributed by atoms with Crippen LogP contribution in [-0.2, 0) is 5.41 Å². The molecule has 106 valence electrons. The van der Waals surface area contributed by atoms with E-state index >= 15 is 0 Å². The molecule has 1 aromatic heterocycles. The van der Waals surface area contributed by atoms with Crippen molar-refractivity contribution in [2.75, 3.05) is 0 Å². The molecular formula is C16H20N2O2.